The molecule has 0 heterocycles. The van der Waals surface area contributed by atoms with Crippen molar-refractivity contribution in [1.82, 2.24) is 0 Å². The summed E-state index contributed by atoms with van der Waals surface area (Å²) in [6.07, 6.45) is 5.05. The van der Waals surface area contributed by atoms with E-state index in [1.165, 1.54) is 55.6 Å². The Bertz CT molecular complexity index is 536. The van der Waals surface area contributed by atoms with Gasteiger partial charge in [-0.2, -0.15) is 0 Å². The summed E-state index contributed by atoms with van der Waals surface area (Å²) in [5.41, 5.74) is 4.15. The number of rotatable bonds is 9. The zero-order valence-corrected chi connectivity index (χ0v) is 15.0. The van der Waals surface area contributed by atoms with Crippen LogP contribution >= 0.6 is 0 Å². The third kappa shape index (κ3) is 5.13. The van der Waals surface area contributed by atoms with E-state index in [1.54, 1.807) is 0 Å². The van der Waals surface area contributed by atoms with Crippen LogP contribution in [0.3, 0.4) is 0 Å². The first kappa shape index (κ1) is 17.6. The molecule has 1 nitrogen and oxygen atoms in total. The monoisotopic (exact) mass is 309 g/mol. The number of hydrogen-bond acceptors (Lipinski definition) is 1. The third-order valence-electron chi connectivity index (χ3n) is 4.62. The van der Waals surface area contributed by atoms with E-state index in [-0.39, 0.29) is 0 Å². The number of unbranched alkanes of at least 4 members (excludes halogenated alkanes) is 2. The van der Waals surface area contributed by atoms with Gasteiger partial charge in [0.25, 0.3) is 0 Å². The largest absolute Gasteiger partial charge is 0.372 e. The molecule has 0 radical (unpaired) electrons. The second kappa shape index (κ2) is 9.39. The Morgan fingerprint density at radius 2 is 1.26 bits per heavy atom. The molecule has 2 aromatic rings. The molecule has 0 aliphatic heterocycles. The minimum atomic E-state index is 0.449. The highest BCUT2D eigenvalue weighted by Gasteiger charge is 2.10. The summed E-state index contributed by atoms with van der Waals surface area (Å²) in [6, 6.07) is 20.0. The van der Waals surface area contributed by atoms with Gasteiger partial charge in [0.05, 0.1) is 0 Å². The first-order valence-corrected chi connectivity index (χ1v) is 9.16. The molecule has 124 valence electrons. The molecule has 0 aliphatic rings. The van der Waals surface area contributed by atoms with Gasteiger partial charge in [0.2, 0.25) is 0 Å². The first-order valence-electron chi connectivity index (χ1n) is 9.16. The zero-order chi connectivity index (χ0) is 16.5. The van der Waals surface area contributed by atoms with Gasteiger partial charge in [0, 0.05) is 24.7 Å². The molecule has 0 bridgehead atoms. The Kier molecular flexibility index (Phi) is 7.19. The summed E-state index contributed by atoms with van der Waals surface area (Å²) in [7, 11) is 0. The molecule has 23 heavy (non-hydrogen) atoms. The first-order chi connectivity index (χ1) is 11.3. The normalized spacial score (nSPS) is 12.1. The number of anilines is 1. The molecular formula is C22H31N. The van der Waals surface area contributed by atoms with E-state index >= 15 is 0 Å². The summed E-state index contributed by atoms with van der Waals surface area (Å²) >= 11 is 0. The molecule has 0 saturated carbocycles. The molecule has 0 fully saturated rings. The van der Waals surface area contributed by atoms with Crippen molar-refractivity contribution in [3.05, 3.63) is 65.7 Å². The second-order valence-corrected chi connectivity index (χ2v) is 6.42. The molecule has 1 atom stereocenters. The van der Waals surface area contributed by atoms with Gasteiger partial charge in [-0.1, -0.05) is 76.1 Å². The van der Waals surface area contributed by atoms with Crippen LogP contribution < -0.4 is 4.90 Å². The van der Waals surface area contributed by atoms with Gasteiger partial charge in [-0.25, -0.2) is 0 Å². The summed E-state index contributed by atoms with van der Waals surface area (Å²) in [4.78, 5) is 2.55. The number of benzene rings is 2. The van der Waals surface area contributed by atoms with Crippen LogP contribution in [0.1, 0.15) is 63.5 Å². The Balaban J connectivity index is 2.09. The van der Waals surface area contributed by atoms with Gasteiger partial charge < -0.3 is 4.90 Å². The fraction of sp³-hybridized carbons (Fsp3) is 0.455. The Hall–Kier alpha value is -1.76. The molecule has 0 N–H and O–H groups in total. The second-order valence-electron chi connectivity index (χ2n) is 6.42. The molecule has 0 amide bonds. The molecule has 0 saturated heterocycles. The van der Waals surface area contributed by atoms with Crippen molar-refractivity contribution in [2.45, 2.75) is 52.4 Å². The molecule has 1 unspecified atom stereocenters. The van der Waals surface area contributed by atoms with Crippen molar-refractivity contribution in [1.29, 1.82) is 0 Å². The number of nitrogens with zero attached hydrogens (tertiary/aromatic N) is 1. The zero-order valence-electron chi connectivity index (χ0n) is 15.0. The van der Waals surface area contributed by atoms with Crippen molar-refractivity contribution in [2.24, 2.45) is 0 Å². The maximum Gasteiger partial charge on any atom is 0.0366 e. The average molecular weight is 309 g/mol. The Labute approximate surface area is 142 Å². The van der Waals surface area contributed by atoms with Crippen LogP contribution in [0.15, 0.2) is 54.6 Å². The lowest BCUT2D eigenvalue weighted by atomic mass is 9.93. The lowest BCUT2D eigenvalue weighted by Gasteiger charge is -2.25. The van der Waals surface area contributed by atoms with Crippen molar-refractivity contribution >= 4 is 5.69 Å². The van der Waals surface area contributed by atoms with Crippen molar-refractivity contribution in [2.75, 3.05) is 18.0 Å². The quantitative estimate of drug-likeness (QED) is 0.529. The maximum atomic E-state index is 2.55. The van der Waals surface area contributed by atoms with Gasteiger partial charge in [-0.05, 0) is 36.1 Å². The predicted octanol–water partition coefficient (Wildman–Crippen LogP) is 6.25. The third-order valence-corrected chi connectivity index (χ3v) is 4.62. The van der Waals surface area contributed by atoms with E-state index in [1.807, 2.05) is 0 Å². The highest BCUT2D eigenvalue weighted by Crippen LogP contribution is 2.26. The van der Waals surface area contributed by atoms with Crippen molar-refractivity contribution < 1.29 is 0 Å². The van der Waals surface area contributed by atoms with Gasteiger partial charge >= 0.3 is 0 Å². The number of hydrogen-bond donors (Lipinski definition) is 0. The van der Waals surface area contributed by atoms with Gasteiger partial charge in [0.1, 0.15) is 0 Å². The van der Waals surface area contributed by atoms with E-state index in [0.717, 1.165) is 0 Å². The lowest BCUT2D eigenvalue weighted by Crippen LogP contribution is -2.25. The molecular weight excluding hydrogens is 278 g/mol. The molecule has 0 aliphatic carbocycles. The fourth-order valence-corrected chi connectivity index (χ4v) is 2.98. The van der Waals surface area contributed by atoms with E-state index < -0.39 is 0 Å². The minimum absolute atomic E-state index is 0.449. The van der Waals surface area contributed by atoms with Crippen LogP contribution in [0.4, 0.5) is 5.69 Å². The summed E-state index contributed by atoms with van der Waals surface area (Å²) in [5, 5.41) is 0. The summed E-state index contributed by atoms with van der Waals surface area (Å²) in [5.74, 6) is 0.449. The van der Waals surface area contributed by atoms with Crippen LogP contribution in [-0.4, -0.2) is 13.1 Å². The molecule has 0 spiro atoms. The van der Waals surface area contributed by atoms with Crippen LogP contribution in [0, 0.1) is 0 Å². The van der Waals surface area contributed by atoms with Gasteiger partial charge in [-0.15, -0.1) is 0 Å². The van der Waals surface area contributed by atoms with E-state index in [4.69, 9.17) is 0 Å². The summed E-state index contributed by atoms with van der Waals surface area (Å²) in [6.45, 7) is 9.16. The molecule has 2 rings (SSSR count). The topological polar surface area (TPSA) is 3.24 Å². The molecule has 0 aromatic heterocycles. The highest BCUT2D eigenvalue weighted by molar-refractivity contribution is 5.49. The van der Waals surface area contributed by atoms with Gasteiger partial charge in [-0.3, -0.25) is 0 Å². The van der Waals surface area contributed by atoms with Crippen molar-refractivity contribution in [3.63, 3.8) is 0 Å². The Morgan fingerprint density at radius 3 is 1.78 bits per heavy atom. The van der Waals surface area contributed by atoms with E-state index in [0.29, 0.717) is 5.92 Å². The smallest absolute Gasteiger partial charge is 0.0366 e. The average Bonchev–Trinajstić information content (AvgIpc) is 2.62. The molecule has 1 heteroatoms. The summed E-state index contributed by atoms with van der Waals surface area (Å²) < 4.78 is 0. The van der Waals surface area contributed by atoms with Crippen LogP contribution in [0.2, 0.25) is 0 Å². The van der Waals surface area contributed by atoms with Crippen LogP contribution in [0.25, 0.3) is 0 Å². The highest BCUT2D eigenvalue weighted by atomic mass is 15.1. The minimum Gasteiger partial charge on any atom is -0.372 e. The Morgan fingerprint density at radius 1 is 0.739 bits per heavy atom. The van der Waals surface area contributed by atoms with E-state index in [2.05, 4.69) is 80.3 Å². The van der Waals surface area contributed by atoms with Crippen molar-refractivity contribution in [3.8, 4) is 0 Å². The van der Waals surface area contributed by atoms with Crippen LogP contribution in [0.5, 0.6) is 0 Å². The maximum absolute atomic E-state index is 2.55. The lowest BCUT2D eigenvalue weighted by molar-refractivity contribution is 0.678. The predicted molar refractivity (Wildman–Crippen MR) is 102 cm³/mol. The van der Waals surface area contributed by atoms with Gasteiger partial charge in [0.15, 0.2) is 0 Å². The standard InChI is InChI=1S/C22H31N/c1-4-6-17-23(18-7-5-2)22-15-13-21(14-16-22)19(3)20-11-9-8-10-12-20/h8-16,19H,4-7,17-18H2,1-3H3. The van der Waals surface area contributed by atoms with Crippen LogP contribution in [-0.2, 0) is 0 Å². The molecule has 2 aromatic carbocycles. The fourth-order valence-electron chi connectivity index (χ4n) is 2.98. The van der Waals surface area contributed by atoms with E-state index in [9.17, 15) is 0 Å². The SMILES string of the molecule is CCCCN(CCCC)c1ccc(C(C)c2ccccc2)cc1.